The van der Waals surface area contributed by atoms with Crippen molar-refractivity contribution in [1.29, 1.82) is 0 Å². The summed E-state index contributed by atoms with van der Waals surface area (Å²) in [5.41, 5.74) is 1.63. The number of hydrogen-bond donors (Lipinski definition) is 0. The molecule has 3 heterocycles. The first kappa shape index (κ1) is 22.3. The van der Waals surface area contributed by atoms with Gasteiger partial charge < -0.3 is 14.2 Å². The number of hydrogen-bond acceptors (Lipinski definition) is 3. The van der Waals surface area contributed by atoms with Gasteiger partial charge in [0.15, 0.2) is 0 Å². The summed E-state index contributed by atoms with van der Waals surface area (Å²) in [5, 5.41) is 0. The zero-order valence-electron chi connectivity index (χ0n) is 18.9. The van der Waals surface area contributed by atoms with Crippen molar-refractivity contribution < 1.29 is 17.9 Å². The summed E-state index contributed by atoms with van der Waals surface area (Å²) in [6, 6.07) is 12.3. The maximum Gasteiger partial charge on any atom is 0.416 e. The molecule has 33 heavy (non-hydrogen) atoms. The van der Waals surface area contributed by atoms with Gasteiger partial charge >= 0.3 is 6.18 Å². The number of benzene rings is 2. The molecule has 0 amide bonds. The van der Waals surface area contributed by atoms with Crippen molar-refractivity contribution >= 4 is 11.0 Å². The molecule has 0 N–H and O–H groups in total. The van der Waals surface area contributed by atoms with Gasteiger partial charge in [0.05, 0.1) is 23.7 Å². The van der Waals surface area contributed by atoms with Crippen LogP contribution in [0, 0.1) is 5.92 Å². The molecule has 4 nitrogen and oxygen atoms in total. The van der Waals surface area contributed by atoms with E-state index in [9.17, 15) is 13.2 Å². The summed E-state index contributed by atoms with van der Waals surface area (Å²) in [4.78, 5) is 7.34. The number of piperidine rings is 2. The van der Waals surface area contributed by atoms with Crippen LogP contribution in [0.1, 0.15) is 49.1 Å². The summed E-state index contributed by atoms with van der Waals surface area (Å²) in [6.07, 6.45) is 2.27. The Labute approximate surface area is 192 Å². The summed E-state index contributed by atoms with van der Waals surface area (Å²) >= 11 is 0. The number of rotatable bonds is 5. The van der Waals surface area contributed by atoms with Crippen LogP contribution in [0.4, 0.5) is 13.2 Å². The molecule has 1 aromatic heterocycles. The first-order valence-corrected chi connectivity index (χ1v) is 11.9. The van der Waals surface area contributed by atoms with Crippen LogP contribution in [0.3, 0.4) is 0 Å². The third kappa shape index (κ3) is 4.60. The van der Waals surface area contributed by atoms with Gasteiger partial charge in [-0.2, -0.15) is 13.2 Å². The van der Waals surface area contributed by atoms with E-state index in [1.165, 1.54) is 50.9 Å². The molecule has 2 aliphatic heterocycles. The lowest BCUT2D eigenvalue weighted by molar-refractivity contribution is -0.137. The Morgan fingerprint density at radius 2 is 1.79 bits per heavy atom. The number of alkyl halides is 3. The van der Waals surface area contributed by atoms with Crippen molar-refractivity contribution in [3.63, 3.8) is 0 Å². The van der Waals surface area contributed by atoms with Crippen molar-refractivity contribution in [3.8, 4) is 5.75 Å². The van der Waals surface area contributed by atoms with Gasteiger partial charge in [0.25, 0.3) is 0 Å². The van der Waals surface area contributed by atoms with Gasteiger partial charge in [0.1, 0.15) is 11.6 Å². The first-order chi connectivity index (χ1) is 15.9. The molecule has 0 saturated carbocycles. The van der Waals surface area contributed by atoms with E-state index in [-0.39, 0.29) is 0 Å². The molecule has 176 valence electrons. The minimum absolute atomic E-state index is 0.421. The molecule has 0 unspecified atom stereocenters. The van der Waals surface area contributed by atoms with Crippen molar-refractivity contribution in [3.05, 3.63) is 59.4 Å². The second-order valence-electron chi connectivity index (χ2n) is 9.37. The Kier molecular flexibility index (Phi) is 6.08. The van der Waals surface area contributed by atoms with Gasteiger partial charge in [-0.3, -0.25) is 0 Å². The van der Waals surface area contributed by atoms with E-state index in [2.05, 4.69) is 9.47 Å². The fourth-order valence-electron chi connectivity index (χ4n) is 5.65. The van der Waals surface area contributed by atoms with Gasteiger partial charge in [-0.15, -0.1) is 0 Å². The summed E-state index contributed by atoms with van der Waals surface area (Å²) in [6.45, 7) is 3.13. The van der Waals surface area contributed by atoms with Gasteiger partial charge in [0.2, 0.25) is 0 Å². The lowest BCUT2D eigenvalue weighted by Crippen LogP contribution is -2.49. The summed E-state index contributed by atoms with van der Waals surface area (Å²) < 4.78 is 47.5. The van der Waals surface area contributed by atoms with E-state index in [0.717, 1.165) is 35.6 Å². The number of ether oxygens (including phenoxy) is 1. The van der Waals surface area contributed by atoms with Crippen LogP contribution in [-0.2, 0) is 19.1 Å². The van der Waals surface area contributed by atoms with E-state index < -0.39 is 11.7 Å². The van der Waals surface area contributed by atoms with Crippen LogP contribution < -0.4 is 4.74 Å². The predicted molar refractivity (Wildman–Crippen MR) is 122 cm³/mol. The Hall–Kier alpha value is -2.54. The van der Waals surface area contributed by atoms with Crippen LogP contribution in [0.15, 0.2) is 42.5 Å². The van der Waals surface area contributed by atoms with Crippen molar-refractivity contribution in [1.82, 2.24) is 14.5 Å². The fraction of sp³-hybridized carbons (Fsp3) is 0.500. The molecule has 0 aliphatic carbocycles. The average Bonchev–Trinajstić information content (AvgIpc) is 3.15. The fourth-order valence-corrected chi connectivity index (χ4v) is 5.65. The largest absolute Gasteiger partial charge is 0.497 e. The van der Waals surface area contributed by atoms with Crippen LogP contribution in [0.25, 0.3) is 11.0 Å². The molecule has 2 fully saturated rings. The van der Waals surface area contributed by atoms with Crippen LogP contribution >= 0.6 is 0 Å². The topological polar surface area (TPSA) is 30.3 Å². The molecule has 2 saturated heterocycles. The smallest absolute Gasteiger partial charge is 0.416 e. The highest BCUT2D eigenvalue weighted by atomic mass is 19.4. The molecule has 0 spiro atoms. The second-order valence-corrected chi connectivity index (χ2v) is 9.37. The van der Waals surface area contributed by atoms with E-state index in [4.69, 9.17) is 9.72 Å². The monoisotopic (exact) mass is 457 g/mol. The van der Waals surface area contributed by atoms with Gasteiger partial charge in [0, 0.05) is 19.0 Å². The number of aromatic nitrogens is 2. The van der Waals surface area contributed by atoms with E-state index in [1.54, 1.807) is 13.2 Å². The van der Waals surface area contributed by atoms with E-state index in [1.807, 2.05) is 24.3 Å². The molecule has 2 atom stereocenters. The molecule has 2 aromatic carbocycles. The zero-order valence-corrected chi connectivity index (χ0v) is 18.9. The third-order valence-corrected chi connectivity index (χ3v) is 7.32. The molecule has 3 aromatic rings. The number of nitrogens with zero attached hydrogens (tertiary/aromatic N) is 3. The minimum atomic E-state index is -4.37. The highest BCUT2D eigenvalue weighted by Gasteiger charge is 2.34. The summed E-state index contributed by atoms with van der Waals surface area (Å²) in [5.74, 6) is 2.09. The predicted octanol–water partition coefficient (Wildman–Crippen LogP) is 5.92. The maximum atomic E-state index is 13.3. The van der Waals surface area contributed by atoms with Crippen LogP contribution in [-0.4, -0.2) is 40.7 Å². The highest BCUT2D eigenvalue weighted by molar-refractivity contribution is 5.77. The molecule has 0 bridgehead atoms. The van der Waals surface area contributed by atoms with Crippen LogP contribution in [0.5, 0.6) is 5.75 Å². The zero-order chi connectivity index (χ0) is 23.0. The molecule has 2 aliphatic rings. The molecule has 0 radical (unpaired) electrons. The molecular weight excluding hydrogens is 427 g/mol. The molecule has 7 heteroatoms. The lowest BCUT2D eigenvalue weighted by atomic mass is 9.83. The van der Waals surface area contributed by atoms with Gasteiger partial charge in [-0.1, -0.05) is 18.6 Å². The lowest BCUT2D eigenvalue weighted by Gasteiger charge is -2.44. The average molecular weight is 458 g/mol. The summed E-state index contributed by atoms with van der Waals surface area (Å²) in [7, 11) is 1.63. The first-order valence-electron chi connectivity index (χ1n) is 11.9. The standard InChI is InChI=1S/C26H30F3N3O/c1-33-21-10-7-18(8-11-21)15-25-30-22-16-20(26(27,28)29)9-12-24(22)32(25)17-19-5-4-14-31-13-3-2-6-23(19)31/h7-12,16,19,23H,2-6,13-15,17H2,1H3/t19-,23+/m0/s1. The number of methoxy groups -OCH3 is 1. The quantitative estimate of drug-likeness (QED) is 0.477. The van der Waals surface area contributed by atoms with E-state index in [0.29, 0.717) is 23.9 Å². The number of fused-ring (bicyclic) bond motifs is 2. The Bertz CT molecular complexity index is 1100. The Morgan fingerprint density at radius 3 is 2.55 bits per heavy atom. The van der Waals surface area contributed by atoms with Crippen molar-refractivity contribution in [2.45, 2.75) is 57.3 Å². The van der Waals surface area contributed by atoms with Gasteiger partial charge in [-0.05, 0) is 80.6 Å². The molecule has 5 rings (SSSR count). The second kappa shape index (κ2) is 9.01. The number of imidazole rings is 1. The minimum Gasteiger partial charge on any atom is -0.497 e. The molecular formula is C26H30F3N3O. The third-order valence-electron chi connectivity index (χ3n) is 7.32. The maximum absolute atomic E-state index is 13.3. The SMILES string of the molecule is COc1ccc(Cc2nc3cc(C(F)(F)F)ccc3n2C[C@@H]2CCCN3CCCC[C@H]23)cc1. The highest BCUT2D eigenvalue weighted by Crippen LogP contribution is 2.35. The van der Waals surface area contributed by atoms with E-state index >= 15 is 0 Å². The normalized spacial score (nSPS) is 21.8. The Balaban J connectivity index is 1.51. The van der Waals surface area contributed by atoms with Crippen LogP contribution in [0.2, 0.25) is 0 Å². The van der Waals surface area contributed by atoms with Gasteiger partial charge in [-0.25, -0.2) is 4.98 Å². The Morgan fingerprint density at radius 1 is 1.00 bits per heavy atom. The number of halogens is 3. The van der Waals surface area contributed by atoms with Crippen molar-refractivity contribution in [2.24, 2.45) is 5.92 Å². The van der Waals surface area contributed by atoms with Crippen molar-refractivity contribution in [2.75, 3.05) is 20.2 Å².